The van der Waals surface area contributed by atoms with Gasteiger partial charge in [-0.05, 0) is 41.8 Å². The van der Waals surface area contributed by atoms with Crippen molar-refractivity contribution in [3.63, 3.8) is 0 Å². The van der Waals surface area contributed by atoms with E-state index in [1.54, 1.807) is 26.3 Å². The number of ether oxygens (including phenoxy) is 3. The van der Waals surface area contributed by atoms with Crippen LogP contribution in [-0.4, -0.2) is 46.6 Å². The fraction of sp³-hybridized carbons (Fsp3) is 0.381. The maximum absolute atomic E-state index is 12.3. The van der Waals surface area contributed by atoms with Crippen molar-refractivity contribution in [1.82, 2.24) is 10.6 Å². The molecule has 10 heteroatoms. The predicted octanol–water partition coefficient (Wildman–Crippen LogP) is 4.17. The van der Waals surface area contributed by atoms with Gasteiger partial charge in [-0.2, -0.15) is 13.2 Å². The number of alkyl halides is 3. The second-order valence-electron chi connectivity index (χ2n) is 6.34. The van der Waals surface area contributed by atoms with Gasteiger partial charge in [0.05, 0.1) is 14.2 Å². The summed E-state index contributed by atoms with van der Waals surface area (Å²) in [6.07, 6.45) is -3.60. The molecule has 0 fully saturated rings. The molecule has 0 amide bonds. The van der Waals surface area contributed by atoms with Gasteiger partial charge in [-0.1, -0.05) is 18.2 Å². The highest BCUT2D eigenvalue weighted by Gasteiger charge is 2.29. The van der Waals surface area contributed by atoms with Crippen LogP contribution in [0.4, 0.5) is 13.2 Å². The summed E-state index contributed by atoms with van der Waals surface area (Å²) in [6, 6.07) is 12.6. The molecule has 2 N–H and O–H groups in total. The lowest BCUT2D eigenvalue weighted by molar-refractivity contribution is -0.153. The third-order valence-electron chi connectivity index (χ3n) is 4.17. The molecule has 0 aliphatic heterocycles. The molecule has 0 aliphatic rings. The summed E-state index contributed by atoms with van der Waals surface area (Å²) in [4.78, 5) is 4.17. The molecule has 2 rings (SSSR count). The second-order valence-corrected chi connectivity index (χ2v) is 6.34. The Bertz CT molecular complexity index is 831. The monoisotopic (exact) mass is 553 g/mol. The van der Waals surface area contributed by atoms with Gasteiger partial charge in [-0.15, -0.1) is 24.0 Å². The van der Waals surface area contributed by atoms with E-state index in [-0.39, 0.29) is 35.5 Å². The Kier molecular flexibility index (Phi) is 11.3. The molecule has 31 heavy (non-hydrogen) atoms. The number of hydrogen-bond acceptors (Lipinski definition) is 4. The lowest BCUT2D eigenvalue weighted by Gasteiger charge is -2.15. The van der Waals surface area contributed by atoms with Gasteiger partial charge in [0.2, 0.25) is 0 Å². The molecule has 2 aromatic carbocycles. The Balaban J connectivity index is 0.00000480. The largest absolute Gasteiger partial charge is 0.497 e. The number of aliphatic imine (C=N–C) groups is 1. The zero-order valence-corrected chi connectivity index (χ0v) is 19.9. The summed E-state index contributed by atoms with van der Waals surface area (Å²) < 4.78 is 52.1. The normalized spacial score (nSPS) is 11.4. The zero-order valence-electron chi connectivity index (χ0n) is 17.6. The van der Waals surface area contributed by atoms with Crippen molar-refractivity contribution in [1.29, 1.82) is 0 Å². The van der Waals surface area contributed by atoms with Gasteiger partial charge in [0.25, 0.3) is 0 Å². The first-order valence-electron chi connectivity index (χ1n) is 9.28. The number of nitrogens with zero attached hydrogens (tertiary/aromatic N) is 1. The quantitative estimate of drug-likeness (QED) is 0.278. The molecule has 0 radical (unpaired) electrons. The molecule has 0 spiro atoms. The molecule has 0 unspecified atom stereocenters. The highest BCUT2D eigenvalue weighted by Crippen LogP contribution is 2.29. The van der Waals surface area contributed by atoms with Gasteiger partial charge < -0.3 is 24.8 Å². The number of hydrogen-bond donors (Lipinski definition) is 2. The fourth-order valence-electron chi connectivity index (χ4n) is 2.62. The molecule has 0 heterocycles. The summed E-state index contributed by atoms with van der Waals surface area (Å²) in [7, 11) is 4.68. The van der Waals surface area contributed by atoms with E-state index in [0.717, 1.165) is 23.3 Å². The number of rotatable bonds is 9. The third kappa shape index (κ3) is 9.53. The van der Waals surface area contributed by atoms with E-state index in [1.807, 2.05) is 24.3 Å². The Morgan fingerprint density at radius 3 is 2.19 bits per heavy atom. The molecule has 0 aromatic heterocycles. The Morgan fingerprint density at radius 2 is 1.61 bits per heavy atom. The smallest absolute Gasteiger partial charge is 0.422 e. The van der Waals surface area contributed by atoms with Crippen LogP contribution in [0.25, 0.3) is 0 Å². The average molecular weight is 553 g/mol. The average Bonchev–Trinajstić information content (AvgIpc) is 2.74. The van der Waals surface area contributed by atoms with Crippen molar-refractivity contribution in [2.45, 2.75) is 19.1 Å². The maximum Gasteiger partial charge on any atom is 0.422 e. The highest BCUT2D eigenvalue weighted by atomic mass is 127. The molecular formula is C21H27F3IN3O3. The first kappa shape index (κ1) is 26.7. The summed E-state index contributed by atoms with van der Waals surface area (Å²) >= 11 is 0. The van der Waals surface area contributed by atoms with Gasteiger partial charge >= 0.3 is 6.18 Å². The van der Waals surface area contributed by atoms with E-state index in [2.05, 4.69) is 15.6 Å². The number of halogens is 4. The van der Waals surface area contributed by atoms with Gasteiger partial charge in [0.15, 0.2) is 24.1 Å². The minimum atomic E-state index is -4.41. The van der Waals surface area contributed by atoms with Crippen LogP contribution in [0.15, 0.2) is 47.5 Å². The van der Waals surface area contributed by atoms with E-state index >= 15 is 0 Å². The number of benzene rings is 2. The van der Waals surface area contributed by atoms with Crippen LogP contribution in [0.2, 0.25) is 0 Å². The van der Waals surface area contributed by atoms with E-state index in [9.17, 15) is 13.2 Å². The van der Waals surface area contributed by atoms with Gasteiger partial charge in [-0.25, -0.2) is 0 Å². The van der Waals surface area contributed by atoms with Gasteiger partial charge in [-0.3, -0.25) is 4.99 Å². The summed E-state index contributed by atoms with van der Waals surface area (Å²) in [6.45, 7) is -0.274. The Labute approximate surface area is 197 Å². The van der Waals surface area contributed by atoms with E-state index in [0.29, 0.717) is 19.0 Å². The van der Waals surface area contributed by atoms with E-state index in [4.69, 9.17) is 14.2 Å². The minimum absolute atomic E-state index is 0. The van der Waals surface area contributed by atoms with Crippen molar-refractivity contribution in [3.05, 3.63) is 53.6 Å². The topological polar surface area (TPSA) is 64.1 Å². The van der Waals surface area contributed by atoms with Crippen molar-refractivity contribution < 1.29 is 27.4 Å². The Morgan fingerprint density at radius 1 is 0.935 bits per heavy atom. The van der Waals surface area contributed by atoms with E-state index < -0.39 is 12.8 Å². The first-order valence-corrected chi connectivity index (χ1v) is 9.28. The fourth-order valence-corrected chi connectivity index (χ4v) is 2.62. The predicted molar refractivity (Wildman–Crippen MR) is 125 cm³/mol. The van der Waals surface area contributed by atoms with Crippen LogP contribution in [0, 0.1) is 0 Å². The summed E-state index contributed by atoms with van der Waals surface area (Å²) in [5.74, 6) is 1.70. The van der Waals surface area contributed by atoms with E-state index in [1.165, 1.54) is 13.2 Å². The minimum Gasteiger partial charge on any atom is -0.497 e. The van der Waals surface area contributed by atoms with Crippen molar-refractivity contribution >= 4 is 29.9 Å². The molecule has 6 nitrogen and oxygen atoms in total. The highest BCUT2D eigenvalue weighted by molar-refractivity contribution is 14.0. The number of guanidine groups is 1. The molecule has 0 saturated carbocycles. The number of methoxy groups -OCH3 is 2. The van der Waals surface area contributed by atoms with Crippen LogP contribution in [0.5, 0.6) is 17.2 Å². The standard InChI is InChI=1S/C21H26F3N3O3.HI/c1-25-20(26-11-10-15-4-7-17(28-2)8-5-15)27-13-16-6-9-18(19(12-16)29-3)30-14-21(22,23)24;/h4-9,12H,10-11,13-14H2,1-3H3,(H2,25,26,27);1H. The number of nitrogens with one attached hydrogen (secondary N) is 2. The summed E-state index contributed by atoms with van der Waals surface area (Å²) in [5, 5.41) is 6.38. The molecule has 0 saturated heterocycles. The zero-order chi connectivity index (χ0) is 22.0. The van der Waals surface area contributed by atoms with Crippen LogP contribution in [0.3, 0.4) is 0 Å². The van der Waals surface area contributed by atoms with Crippen molar-refractivity contribution in [2.24, 2.45) is 4.99 Å². The van der Waals surface area contributed by atoms with Gasteiger partial charge in [0, 0.05) is 20.1 Å². The first-order chi connectivity index (χ1) is 14.3. The van der Waals surface area contributed by atoms with Crippen molar-refractivity contribution in [2.75, 3.05) is 34.4 Å². The molecule has 0 bridgehead atoms. The second kappa shape index (κ2) is 13.1. The molecular weight excluding hydrogens is 526 g/mol. The van der Waals surface area contributed by atoms with Crippen molar-refractivity contribution in [3.8, 4) is 17.2 Å². The lowest BCUT2D eigenvalue weighted by Crippen LogP contribution is -2.37. The molecule has 0 atom stereocenters. The SMILES string of the molecule is CN=C(NCCc1ccc(OC)cc1)NCc1ccc(OCC(F)(F)F)c(OC)c1.I. The van der Waals surface area contributed by atoms with Crippen LogP contribution in [-0.2, 0) is 13.0 Å². The molecule has 0 aliphatic carbocycles. The Hall–Kier alpha value is -2.37. The van der Waals surface area contributed by atoms with Crippen LogP contribution < -0.4 is 24.8 Å². The van der Waals surface area contributed by atoms with Crippen LogP contribution in [0.1, 0.15) is 11.1 Å². The lowest BCUT2D eigenvalue weighted by atomic mass is 10.1. The molecule has 2 aromatic rings. The maximum atomic E-state index is 12.3. The summed E-state index contributed by atoms with van der Waals surface area (Å²) in [5.41, 5.74) is 1.97. The van der Waals surface area contributed by atoms with Gasteiger partial charge in [0.1, 0.15) is 5.75 Å². The third-order valence-corrected chi connectivity index (χ3v) is 4.17. The molecule has 172 valence electrons. The van der Waals surface area contributed by atoms with Crippen LogP contribution >= 0.6 is 24.0 Å².